The predicted molar refractivity (Wildman–Crippen MR) is 253 cm³/mol. The van der Waals surface area contributed by atoms with Crippen LogP contribution in [0.2, 0.25) is 15.1 Å². The number of hydrogen-bond acceptors (Lipinski definition) is 8. The lowest BCUT2D eigenvalue weighted by Gasteiger charge is -2.36. The van der Waals surface area contributed by atoms with Crippen LogP contribution in [0.1, 0.15) is 118 Å². The molecule has 0 bridgehead atoms. The first-order valence-corrected chi connectivity index (χ1v) is 25.0. The number of alkyl halides is 1. The third-order valence-electron chi connectivity index (χ3n) is 13.0. The molecular weight excluding hydrogens is 900 g/mol. The second-order valence-electron chi connectivity index (χ2n) is 17.2. The van der Waals surface area contributed by atoms with Gasteiger partial charge < -0.3 is 39.0 Å². The van der Waals surface area contributed by atoms with Crippen molar-refractivity contribution in [3.63, 3.8) is 0 Å². The second-order valence-corrected chi connectivity index (χ2v) is 18.7. The molecule has 64 heavy (non-hydrogen) atoms. The fraction of sp³-hybridized carbons (Fsp3) is 0.571. The third kappa shape index (κ3) is 10.2. The van der Waals surface area contributed by atoms with Gasteiger partial charge in [-0.05, 0) is 81.9 Å². The van der Waals surface area contributed by atoms with Crippen molar-refractivity contribution in [1.29, 1.82) is 0 Å². The molecule has 0 saturated carbocycles. The molecule has 346 valence electrons. The van der Waals surface area contributed by atoms with E-state index in [-0.39, 0.29) is 44.9 Å². The number of unbranched alkanes of at least 4 members (excludes halogenated alkanes) is 3. The molecule has 0 spiro atoms. The normalized spacial score (nSPS) is 16.3. The number of carboxylic acid groups (broad SMARTS) is 1. The van der Waals surface area contributed by atoms with Crippen LogP contribution in [0.5, 0.6) is 11.5 Å². The van der Waals surface area contributed by atoms with Gasteiger partial charge in [0.05, 0.1) is 78.0 Å². The molecule has 5 heterocycles. The highest BCUT2D eigenvalue weighted by Gasteiger charge is 2.38. The fourth-order valence-electron chi connectivity index (χ4n) is 10.1. The molecule has 0 radical (unpaired) electrons. The monoisotopic (exact) mass is 958 g/mol. The maximum atomic E-state index is 14.1. The Morgan fingerprint density at radius 2 is 1.34 bits per heavy atom. The fourth-order valence-corrected chi connectivity index (χ4v) is 11.3. The van der Waals surface area contributed by atoms with Gasteiger partial charge in [-0.2, -0.15) is 0 Å². The van der Waals surface area contributed by atoms with E-state index >= 15 is 0 Å². The van der Waals surface area contributed by atoms with Crippen molar-refractivity contribution in [3.05, 3.63) is 82.3 Å². The number of benzene rings is 3. The van der Waals surface area contributed by atoms with Crippen LogP contribution in [0, 0.1) is 0 Å². The number of amides is 1. The molecule has 0 unspecified atom stereocenters. The first kappa shape index (κ1) is 47.4. The van der Waals surface area contributed by atoms with Gasteiger partial charge in [0.2, 0.25) is 5.36 Å². The Bertz CT molecular complexity index is 2360. The van der Waals surface area contributed by atoms with Crippen LogP contribution in [0.15, 0.2) is 12.1 Å². The quantitative estimate of drug-likeness (QED) is 0.0370. The van der Waals surface area contributed by atoms with Crippen molar-refractivity contribution in [3.8, 4) is 11.5 Å². The highest BCUT2D eigenvalue weighted by molar-refractivity contribution is 6.49. The minimum Gasteiger partial charge on any atom is -0.478 e. The Kier molecular flexibility index (Phi) is 16.7. The highest BCUT2D eigenvalue weighted by Crippen LogP contribution is 2.51. The maximum absolute atomic E-state index is 14.1. The van der Waals surface area contributed by atoms with E-state index < -0.39 is 11.9 Å². The van der Waals surface area contributed by atoms with Crippen molar-refractivity contribution in [2.45, 2.75) is 89.9 Å². The van der Waals surface area contributed by atoms with Crippen LogP contribution in [0.3, 0.4) is 0 Å². The SMILES string of the molecule is O=C(NCCOCCOCCOCCOCCCCCCCl)c1c(Cl)c(Cl)c(C(=O)O)c(C2=c3cc4c5c(c3Oc3c2cc2c6c3CCCN6CCCC2)CCC[N+]=5CCCC4)c1Cl. The molecule has 8 rings (SSSR count). The maximum Gasteiger partial charge on any atom is 0.337 e. The summed E-state index contributed by atoms with van der Waals surface area (Å²) >= 11 is 27.0. The molecule has 5 aliphatic heterocycles. The number of carboxylic acids is 1. The summed E-state index contributed by atoms with van der Waals surface area (Å²) < 4.78 is 32.3. The number of rotatable bonds is 21. The average molecular weight is 961 g/mol. The number of anilines is 1. The molecule has 5 aliphatic rings. The zero-order valence-electron chi connectivity index (χ0n) is 36.7. The minimum absolute atomic E-state index is 0.0743. The van der Waals surface area contributed by atoms with Crippen molar-refractivity contribution in [1.82, 2.24) is 9.89 Å². The van der Waals surface area contributed by atoms with Gasteiger partial charge in [0, 0.05) is 83.7 Å². The number of nitrogens with zero attached hydrogens (tertiary/aromatic N) is 2. The lowest BCUT2D eigenvalue weighted by atomic mass is 9.82. The van der Waals surface area contributed by atoms with E-state index in [0.29, 0.717) is 51.1 Å². The Morgan fingerprint density at radius 3 is 2.11 bits per heavy atom. The molecule has 15 heteroatoms. The number of aryl methyl sites for hydroxylation is 2. The second kappa shape index (κ2) is 22.6. The Balaban J connectivity index is 1.04. The number of carbonyl (C=O) groups excluding carboxylic acids is 1. The van der Waals surface area contributed by atoms with Crippen molar-refractivity contribution < 1.29 is 38.4 Å². The molecule has 0 aliphatic carbocycles. The Hall–Kier alpha value is -3.13. The number of fused-ring (bicyclic) bond motifs is 4. The van der Waals surface area contributed by atoms with Gasteiger partial charge in [0.25, 0.3) is 5.91 Å². The van der Waals surface area contributed by atoms with E-state index in [1.807, 2.05) is 0 Å². The lowest BCUT2D eigenvalue weighted by molar-refractivity contribution is -0.00174. The molecule has 2 N–H and O–H groups in total. The van der Waals surface area contributed by atoms with Crippen LogP contribution in [0.25, 0.3) is 5.57 Å². The molecule has 0 aromatic heterocycles. The number of nitrogens with one attached hydrogen (secondary N) is 1. The van der Waals surface area contributed by atoms with Crippen molar-refractivity contribution in [2.24, 2.45) is 0 Å². The summed E-state index contributed by atoms with van der Waals surface area (Å²) in [6.45, 7) is 7.65. The molecule has 3 aromatic carbocycles. The Labute approximate surface area is 395 Å². The van der Waals surface area contributed by atoms with E-state index in [1.165, 1.54) is 22.2 Å². The minimum atomic E-state index is -1.29. The highest BCUT2D eigenvalue weighted by atomic mass is 35.5. The molecule has 11 nitrogen and oxygen atoms in total. The molecule has 0 fully saturated rings. The lowest BCUT2D eigenvalue weighted by Crippen LogP contribution is -2.41. The summed E-state index contributed by atoms with van der Waals surface area (Å²) in [6, 6.07) is 4.36. The number of carbonyl (C=O) groups is 2. The molecule has 3 aromatic rings. The number of aromatic carboxylic acids is 1. The topological polar surface area (TPSA) is 119 Å². The van der Waals surface area contributed by atoms with Crippen molar-refractivity contribution in [2.75, 3.05) is 96.4 Å². The number of ether oxygens (including phenoxy) is 5. The standard InChI is InChI=1S/C49H59Cl4N3O8/c50-15-5-1-2-8-21-60-23-25-62-27-28-63-26-24-61-22-16-54-48(57)40-41(51)38(39(49(58)59)42(52)43(40)53)37-35-29-31-11-3-6-17-55-19-9-13-33(44(31)55)46(35)64-47-34-14-10-20-56-18-7-4-12-32(45(34)56)30-36(37)47/h29-30H,1-28H2,(H-,54,57,58,59)/p+1. The summed E-state index contributed by atoms with van der Waals surface area (Å²) in [5.41, 5.74) is 7.17. The van der Waals surface area contributed by atoms with Crippen LogP contribution < -0.4 is 30.1 Å². The Morgan fingerprint density at radius 1 is 0.688 bits per heavy atom. The smallest absolute Gasteiger partial charge is 0.337 e. The van der Waals surface area contributed by atoms with Gasteiger partial charge in [-0.25, -0.2) is 9.37 Å². The zero-order valence-corrected chi connectivity index (χ0v) is 39.7. The molecule has 1 amide bonds. The summed E-state index contributed by atoms with van der Waals surface area (Å²) in [5, 5.41) is 15.3. The van der Waals surface area contributed by atoms with Gasteiger partial charge in [0.1, 0.15) is 24.6 Å². The predicted octanol–water partition coefficient (Wildman–Crippen LogP) is 8.16. The van der Waals surface area contributed by atoms with E-state index in [0.717, 1.165) is 156 Å². The summed E-state index contributed by atoms with van der Waals surface area (Å²) in [4.78, 5) is 30.1. The average Bonchev–Trinajstić information content (AvgIpc) is 3.64. The zero-order chi connectivity index (χ0) is 44.6. The molecular formula is C49H60Cl4N3O8+. The summed E-state index contributed by atoms with van der Waals surface area (Å²) in [6.07, 6.45) is 14.0. The van der Waals surface area contributed by atoms with Crippen LogP contribution in [0.4, 0.5) is 5.69 Å². The summed E-state index contributed by atoms with van der Waals surface area (Å²) in [5.74, 6) is 0.300. The van der Waals surface area contributed by atoms with E-state index in [4.69, 9.17) is 70.1 Å². The van der Waals surface area contributed by atoms with E-state index in [9.17, 15) is 14.7 Å². The van der Waals surface area contributed by atoms with E-state index in [2.05, 4.69) is 26.9 Å². The van der Waals surface area contributed by atoms with Crippen LogP contribution in [-0.2, 0) is 44.6 Å². The third-order valence-corrected chi connectivity index (χ3v) is 14.5. The van der Waals surface area contributed by atoms with Crippen LogP contribution >= 0.6 is 46.4 Å². The first-order valence-electron chi connectivity index (χ1n) is 23.3. The van der Waals surface area contributed by atoms with Crippen LogP contribution in [-0.4, -0.2) is 108 Å². The largest absolute Gasteiger partial charge is 0.478 e. The van der Waals surface area contributed by atoms with Crippen molar-refractivity contribution >= 4 is 69.5 Å². The first-order chi connectivity index (χ1) is 31.3. The van der Waals surface area contributed by atoms with Gasteiger partial charge in [-0.15, -0.1) is 11.6 Å². The van der Waals surface area contributed by atoms with Gasteiger partial charge in [-0.1, -0.05) is 47.6 Å². The number of hydrogen-bond donors (Lipinski definition) is 2. The number of halogens is 4. The van der Waals surface area contributed by atoms with E-state index in [1.54, 1.807) is 0 Å². The summed E-state index contributed by atoms with van der Waals surface area (Å²) in [7, 11) is 0. The van der Waals surface area contributed by atoms with Gasteiger partial charge >= 0.3 is 5.97 Å². The molecule has 0 saturated heterocycles. The van der Waals surface area contributed by atoms with Gasteiger partial charge in [-0.3, -0.25) is 4.79 Å². The van der Waals surface area contributed by atoms with Gasteiger partial charge in [0.15, 0.2) is 0 Å². The molecule has 0 atom stereocenters.